The van der Waals surface area contributed by atoms with E-state index < -0.39 is 5.97 Å². The molecule has 2 rings (SSSR count). The van der Waals surface area contributed by atoms with Crippen molar-refractivity contribution in [2.45, 2.75) is 46.6 Å². The van der Waals surface area contributed by atoms with Crippen LogP contribution in [-0.2, 0) is 9.59 Å². The number of carboxylic acids is 1. The van der Waals surface area contributed by atoms with E-state index in [1.807, 2.05) is 0 Å². The molecule has 0 spiro atoms. The number of carbonyl (C=O) groups is 2. The van der Waals surface area contributed by atoms with E-state index in [9.17, 15) is 9.59 Å². The number of likely N-dealkylation sites (tertiary alicyclic amines) is 1. The molecule has 0 aromatic heterocycles. The van der Waals surface area contributed by atoms with Gasteiger partial charge in [-0.1, -0.05) is 27.7 Å². The number of nitrogens with one attached hydrogen (secondary N) is 1. The van der Waals surface area contributed by atoms with Gasteiger partial charge in [-0.25, -0.2) is 0 Å². The monoisotopic (exact) mass is 282 g/mol. The van der Waals surface area contributed by atoms with Gasteiger partial charge in [0.1, 0.15) is 0 Å². The first-order valence-electron chi connectivity index (χ1n) is 7.42. The lowest BCUT2D eigenvalue weighted by Gasteiger charge is -2.30. The predicted octanol–water partition coefficient (Wildman–Crippen LogP) is 1.33. The predicted molar refractivity (Wildman–Crippen MR) is 76.3 cm³/mol. The second-order valence-corrected chi connectivity index (χ2v) is 7.25. The topological polar surface area (TPSA) is 69.6 Å². The highest BCUT2D eigenvalue weighted by Gasteiger charge is 2.64. The maximum atomic E-state index is 12.1. The maximum absolute atomic E-state index is 12.1. The van der Waals surface area contributed by atoms with Crippen molar-refractivity contribution in [3.05, 3.63) is 0 Å². The maximum Gasteiger partial charge on any atom is 0.306 e. The Labute approximate surface area is 120 Å². The van der Waals surface area contributed by atoms with Crippen LogP contribution in [-0.4, -0.2) is 47.6 Å². The summed E-state index contributed by atoms with van der Waals surface area (Å²) in [5.74, 6) is -0.933. The molecular weight excluding hydrogens is 256 g/mol. The molecule has 1 amide bonds. The van der Waals surface area contributed by atoms with Crippen molar-refractivity contribution >= 4 is 11.9 Å². The number of rotatable bonds is 4. The third-order valence-corrected chi connectivity index (χ3v) is 5.68. The summed E-state index contributed by atoms with van der Waals surface area (Å²) in [4.78, 5) is 24.8. The minimum atomic E-state index is -0.739. The molecule has 0 aromatic carbocycles. The Morgan fingerprint density at radius 2 is 1.65 bits per heavy atom. The number of piperidine rings is 1. The van der Waals surface area contributed by atoms with Gasteiger partial charge in [0, 0.05) is 19.1 Å². The van der Waals surface area contributed by atoms with Crippen molar-refractivity contribution in [2.75, 3.05) is 19.6 Å². The molecule has 1 saturated heterocycles. The Kier molecular flexibility index (Phi) is 3.84. The van der Waals surface area contributed by atoms with Gasteiger partial charge in [-0.05, 0) is 23.7 Å². The van der Waals surface area contributed by atoms with Crippen LogP contribution in [0, 0.1) is 16.7 Å². The Morgan fingerprint density at radius 3 is 2.05 bits per heavy atom. The van der Waals surface area contributed by atoms with Gasteiger partial charge >= 0.3 is 5.97 Å². The molecule has 0 bridgehead atoms. The highest BCUT2D eigenvalue weighted by molar-refractivity contribution is 5.79. The van der Waals surface area contributed by atoms with Crippen molar-refractivity contribution in [1.82, 2.24) is 10.2 Å². The number of carbonyl (C=O) groups excluding carboxylic acids is 1. The molecule has 2 fully saturated rings. The number of nitrogens with zero attached hydrogens (tertiary/aromatic N) is 1. The third kappa shape index (κ3) is 2.55. The zero-order valence-electron chi connectivity index (χ0n) is 12.9. The first kappa shape index (κ1) is 15.3. The summed E-state index contributed by atoms with van der Waals surface area (Å²) in [6, 6.07) is 0.371. The second-order valence-electron chi connectivity index (χ2n) is 7.25. The standard InChI is InChI=1S/C15H26N2O3/c1-14(2)13(15(14,3)4)16-9-11(18)17-7-5-10(6-8-17)12(19)20/h10,13,16H,5-9H2,1-4H3,(H,19,20). The van der Waals surface area contributed by atoms with E-state index in [2.05, 4.69) is 33.0 Å². The third-order valence-electron chi connectivity index (χ3n) is 5.68. The SMILES string of the molecule is CC1(C)C(NCC(=O)N2CCC(C(=O)O)CC2)C1(C)C. The van der Waals surface area contributed by atoms with Crippen LogP contribution < -0.4 is 5.32 Å². The molecule has 0 unspecified atom stereocenters. The molecule has 114 valence electrons. The molecule has 1 heterocycles. The largest absolute Gasteiger partial charge is 0.481 e. The molecule has 1 aliphatic carbocycles. The number of carboxylic acid groups (broad SMARTS) is 1. The fourth-order valence-electron chi connectivity index (χ4n) is 3.38. The van der Waals surface area contributed by atoms with Crippen LogP contribution in [0.4, 0.5) is 0 Å². The van der Waals surface area contributed by atoms with Crippen LogP contribution in [0.1, 0.15) is 40.5 Å². The summed E-state index contributed by atoms with van der Waals surface area (Å²) < 4.78 is 0. The van der Waals surface area contributed by atoms with E-state index in [1.54, 1.807) is 4.90 Å². The van der Waals surface area contributed by atoms with Gasteiger partial charge in [0.15, 0.2) is 0 Å². The molecule has 1 aliphatic heterocycles. The second kappa shape index (κ2) is 5.02. The van der Waals surface area contributed by atoms with Gasteiger partial charge in [-0.15, -0.1) is 0 Å². The van der Waals surface area contributed by atoms with Crippen LogP contribution in [0.3, 0.4) is 0 Å². The van der Waals surface area contributed by atoms with E-state index >= 15 is 0 Å². The van der Waals surface area contributed by atoms with Crippen molar-refractivity contribution in [3.63, 3.8) is 0 Å². The van der Waals surface area contributed by atoms with Crippen molar-refractivity contribution < 1.29 is 14.7 Å². The Bertz CT molecular complexity index is 395. The summed E-state index contributed by atoms with van der Waals surface area (Å²) in [5.41, 5.74) is 0.452. The van der Waals surface area contributed by atoms with Gasteiger partial charge in [-0.3, -0.25) is 9.59 Å². The molecule has 5 heteroatoms. The average molecular weight is 282 g/mol. The van der Waals surface area contributed by atoms with E-state index in [0.29, 0.717) is 38.5 Å². The molecule has 5 nitrogen and oxygen atoms in total. The van der Waals surface area contributed by atoms with E-state index in [-0.39, 0.29) is 22.7 Å². The summed E-state index contributed by atoms with van der Waals surface area (Å²) in [6.45, 7) is 10.3. The first-order valence-corrected chi connectivity index (χ1v) is 7.42. The van der Waals surface area contributed by atoms with E-state index in [1.165, 1.54) is 0 Å². The molecule has 0 aromatic rings. The zero-order valence-corrected chi connectivity index (χ0v) is 12.9. The number of amides is 1. The molecule has 20 heavy (non-hydrogen) atoms. The lowest BCUT2D eigenvalue weighted by Crippen LogP contribution is -2.44. The van der Waals surface area contributed by atoms with Crippen molar-refractivity contribution in [2.24, 2.45) is 16.7 Å². The molecule has 2 N–H and O–H groups in total. The molecule has 0 radical (unpaired) electrons. The summed E-state index contributed by atoms with van der Waals surface area (Å²) in [7, 11) is 0. The fraction of sp³-hybridized carbons (Fsp3) is 0.867. The molecule has 0 atom stereocenters. The van der Waals surface area contributed by atoms with Gasteiger partial charge in [0.25, 0.3) is 0 Å². The van der Waals surface area contributed by atoms with Gasteiger partial charge in [0.2, 0.25) is 5.91 Å². The number of aliphatic carboxylic acids is 1. The van der Waals surface area contributed by atoms with E-state index in [4.69, 9.17) is 5.11 Å². The zero-order chi connectivity index (χ0) is 15.1. The Hall–Kier alpha value is -1.10. The van der Waals surface area contributed by atoms with Gasteiger partial charge < -0.3 is 15.3 Å². The van der Waals surface area contributed by atoms with Crippen LogP contribution in [0.25, 0.3) is 0 Å². The van der Waals surface area contributed by atoms with E-state index in [0.717, 1.165) is 0 Å². The van der Waals surface area contributed by atoms with Crippen molar-refractivity contribution in [1.29, 1.82) is 0 Å². The fourth-order valence-corrected chi connectivity index (χ4v) is 3.38. The average Bonchev–Trinajstić information content (AvgIpc) is 2.77. The minimum Gasteiger partial charge on any atom is -0.481 e. The molecule has 2 aliphatic rings. The van der Waals surface area contributed by atoms with Crippen LogP contribution in [0.2, 0.25) is 0 Å². The van der Waals surface area contributed by atoms with Gasteiger partial charge in [0.05, 0.1) is 12.5 Å². The smallest absolute Gasteiger partial charge is 0.306 e. The Morgan fingerprint density at radius 1 is 1.15 bits per heavy atom. The minimum absolute atomic E-state index is 0.0901. The highest BCUT2D eigenvalue weighted by Crippen LogP contribution is 2.62. The van der Waals surface area contributed by atoms with Crippen LogP contribution in [0.15, 0.2) is 0 Å². The first-order chi connectivity index (χ1) is 9.18. The molecule has 1 saturated carbocycles. The lowest BCUT2D eigenvalue weighted by molar-refractivity contribution is -0.145. The highest BCUT2D eigenvalue weighted by atomic mass is 16.4. The summed E-state index contributed by atoms with van der Waals surface area (Å²) >= 11 is 0. The quantitative estimate of drug-likeness (QED) is 0.816. The van der Waals surface area contributed by atoms with Crippen LogP contribution in [0.5, 0.6) is 0 Å². The summed E-state index contributed by atoms with van der Waals surface area (Å²) in [5, 5.41) is 12.3. The summed E-state index contributed by atoms with van der Waals surface area (Å²) in [6.07, 6.45) is 1.14. The number of hydrogen-bond donors (Lipinski definition) is 2. The van der Waals surface area contributed by atoms with Crippen LogP contribution >= 0.6 is 0 Å². The normalized spacial score (nSPS) is 25.5. The van der Waals surface area contributed by atoms with Crippen molar-refractivity contribution in [3.8, 4) is 0 Å². The lowest BCUT2D eigenvalue weighted by atomic mass is 9.97. The Balaban J connectivity index is 1.76. The van der Waals surface area contributed by atoms with Gasteiger partial charge in [-0.2, -0.15) is 0 Å². The molecular formula is C15H26N2O3. The number of hydrogen-bond acceptors (Lipinski definition) is 3.